The van der Waals surface area contributed by atoms with Crippen LogP contribution in [-0.2, 0) is 9.59 Å². The van der Waals surface area contributed by atoms with Gasteiger partial charge in [0.25, 0.3) is 0 Å². The van der Waals surface area contributed by atoms with E-state index in [1.807, 2.05) is 24.3 Å². The first-order valence-corrected chi connectivity index (χ1v) is 5.51. The number of rotatable bonds is 4. The van der Waals surface area contributed by atoms with Gasteiger partial charge in [0, 0.05) is 18.0 Å². The van der Waals surface area contributed by atoms with Crippen molar-refractivity contribution in [3.05, 3.63) is 36.5 Å². The Labute approximate surface area is 103 Å². The monoisotopic (exact) mass is 244 g/mol. The average molecular weight is 244 g/mol. The van der Waals surface area contributed by atoms with Gasteiger partial charge in [0.1, 0.15) is 5.82 Å². The standard InChI is InChI=1S/C13H12N2O3/c16-12(5-6-13(17)18)15-11-7-9-3-1-2-4-10(9)8-14-11/h1-4,7-8H,5-6H2,(H,17,18)(H,14,15,16). The van der Waals surface area contributed by atoms with Crippen molar-refractivity contribution in [1.82, 2.24) is 4.98 Å². The predicted molar refractivity (Wildman–Crippen MR) is 67.2 cm³/mol. The molecule has 5 nitrogen and oxygen atoms in total. The first-order chi connectivity index (χ1) is 8.65. The molecule has 0 aliphatic heterocycles. The van der Waals surface area contributed by atoms with Crippen molar-refractivity contribution in [1.29, 1.82) is 0 Å². The number of carboxylic acid groups (broad SMARTS) is 1. The van der Waals surface area contributed by atoms with Gasteiger partial charge in [0.15, 0.2) is 0 Å². The van der Waals surface area contributed by atoms with E-state index in [-0.39, 0.29) is 18.7 Å². The number of carbonyl (C=O) groups excluding carboxylic acids is 1. The molecule has 0 saturated heterocycles. The smallest absolute Gasteiger partial charge is 0.303 e. The molecule has 0 atom stereocenters. The topological polar surface area (TPSA) is 79.3 Å². The van der Waals surface area contributed by atoms with Crippen LogP contribution in [0, 0.1) is 0 Å². The largest absolute Gasteiger partial charge is 0.481 e. The van der Waals surface area contributed by atoms with Gasteiger partial charge in [-0.3, -0.25) is 9.59 Å². The number of hydrogen-bond donors (Lipinski definition) is 2. The summed E-state index contributed by atoms with van der Waals surface area (Å²) in [5.41, 5.74) is 0. The summed E-state index contributed by atoms with van der Waals surface area (Å²) in [5.74, 6) is -0.902. The molecule has 0 radical (unpaired) electrons. The summed E-state index contributed by atoms with van der Waals surface area (Å²) in [6.45, 7) is 0. The summed E-state index contributed by atoms with van der Waals surface area (Å²) >= 11 is 0. The molecular weight excluding hydrogens is 232 g/mol. The van der Waals surface area contributed by atoms with Crippen molar-refractivity contribution >= 4 is 28.5 Å². The van der Waals surface area contributed by atoms with E-state index in [0.29, 0.717) is 5.82 Å². The van der Waals surface area contributed by atoms with Gasteiger partial charge in [0.05, 0.1) is 6.42 Å². The molecule has 2 N–H and O–H groups in total. The Balaban J connectivity index is 2.07. The van der Waals surface area contributed by atoms with Crippen molar-refractivity contribution in [3.8, 4) is 0 Å². The Bertz CT molecular complexity index is 596. The van der Waals surface area contributed by atoms with Gasteiger partial charge in [-0.1, -0.05) is 24.3 Å². The lowest BCUT2D eigenvalue weighted by molar-refractivity contribution is -0.138. The number of nitrogens with zero attached hydrogens (tertiary/aromatic N) is 1. The SMILES string of the molecule is O=C(O)CCC(=O)Nc1cc2ccccc2cn1. The van der Waals surface area contributed by atoms with E-state index in [1.54, 1.807) is 12.3 Å². The Morgan fingerprint density at radius 2 is 1.89 bits per heavy atom. The quantitative estimate of drug-likeness (QED) is 0.862. The minimum absolute atomic E-state index is 0.0517. The molecule has 0 spiro atoms. The van der Waals surface area contributed by atoms with E-state index in [0.717, 1.165) is 10.8 Å². The van der Waals surface area contributed by atoms with Crippen molar-refractivity contribution < 1.29 is 14.7 Å². The number of benzene rings is 1. The summed E-state index contributed by atoms with van der Waals surface area (Å²) in [7, 11) is 0. The van der Waals surface area contributed by atoms with Gasteiger partial charge in [0.2, 0.25) is 5.91 Å². The van der Waals surface area contributed by atoms with Gasteiger partial charge < -0.3 is 10.4 Å². The van der Waals surface area contributed by atoms with Crippen LogP contribution in [-0.4, -0.2) is 22.0 Å². The van der Waals surface area contributed by atoms with Crippen molar-refractivity contribution in [2.75, 3.05) is 5.32 Å². The van der Waals surface area contributed by atoms with Crippen LogP contribution < -0.4 is 5.32 Å². The third kappa shape index (κ3) is 3.04. The molecule has 1 aromatic carbocycles. The van der Waals surface area contributed by atoms with Gasteiger partial charge in [-0.05, 0) is 11.5 Å². The van der Waals surface area contributed by atoms with E-state index in [2.05, 4.69) is 10.3 Å². The lowest BCUT2D eigenvalue weighted by atomic mass is 10.2. The van der Waals surface area contributed by atoms with Gasteiger partial charge in [-0.2, -0.15) is 0 Å². The van der Waals surface area contributed by atoms with E-state index >= 15 is 0 Å². The molecule has 92 valence electrons. The fraction of sp³-hybridized carbons (Fsp3) is 0.154. The minimum atomic E-state index is -0.989. The van der Waals surface area contributed by atoms with E-state index in [9.17, 15) is 9.59 Å². The first-order valence-electron chi connectivity index (χ1n) is 5.51. The van der Waals surface area contributed by atoms with Crippen LogP contribution in [0.25, 0.3) is 10.8 Å². The summed E-state index contributed by atoms with van der Waals surface area (Å²) < 4.78 is 0. The summed E-state index contributed by atoms with van der Waals surface area (Å²) in [6, 6.07) is 9.42. The van der Waals surface area contributed by atoms with Crippen LogP contribution >= 0.6 is 0 Å². The molecule has 0 unspecified atom stereocenters. The highest BCUT2D eigenvalue weighted by molar-refractivity contribution is 5.93. The molecule has 2 aromatic rings. The summed E-state index contributed by atoms with van der Waals surface area (Å²) in [5, 5.41) is 13.0. The Kier molecular flexibility index (Phi) is 3.52. The molecule has 1 heterocycles. The van der Waals surface area contributed by atoms with E-state index in [1.165, 1.54) is 0 Å². The highest BCUT2D eigenvalue weighted by atomic mass is 16.4. The Morgan fingerprint density at radius 3 is 2.61 bits per heavy atom. The van der Waals surface area contributed by atoms with Crippen LogP contribution in [0.3, 0.4) is 0 Å². The molecule has 1 amide bonds. The number of amides is 1. The Hall–Kier alpha value is -2.43. The number of aromatic nitrogens is 1. The maximum absolute atomic E-state index is 11.4. The number of carboxylic acids is 1. The molecule has 0 saturated carbocycles. The fourth-order valence-corrected chi connectivity index (χ4v) is 1.58. The molecule has 0 bridgehead atoms. The molecular formula is C13H12N2O3. The predicted octanol–water partition coefficient (Wildman–Crippen LogP) is 2.04. The average Bonchev–Trinajstić information content (AvgIpc) is 2.36. The molecule has 0 fully saturated rings. The second kappa shape index (κ2) is 5.27. The zero-order chi connectivity index (χ0) is 13.0. The lowest BCUT2D eigenvalue weighted by Gasteiger charge is -2.04. The zero-order valence-electron chi connectivity index (χ0n) is 9.59. The second-order valence-corrected chi connectivity index (χ2v) is 3.86. The maximum Gasteiger partial charge on any atom is 0.303 e. The maximum atomic E-state index is 11.4. The molecule has 2 rings (SSSR count). The van der Waals surface area contributed by atoms with Crippen molar-refractivity contribution in [2.45, 2.75) is 12.8 Å². The van der Waals surface area contributed by atoms with Crippen LogP contribution in [0.5, 0.6) is 0 Å². The number of anilines is 1. The van der Waals surface area contributed by atoms with Crippen LogP contribution in [0.1, 0.15) is 12.8 Å². The second-order valence-electron chi connectivity index (χ2n) is 3.86. The molecule has 18 heavy (non-hydrogen) atoms. The molecule has 1 aromatic heterocycles. The van der Waals surface area contributed by atoms with Crippen LogP contribution in [0.4, 0.5) is 5.82 Å². The first kappa shape index (κ1) is 12.0. The van der Waals surface area contributed by atoms with Gasteiger partial charge in [-0.15, -0.1) is 0 Å². The van der Waals surface area contributed by atoms with Crippen molar-refractivity contribution in [2.24, 2.45) is 0 Å². The normalized spacial score (nSPS) is 10.2. The highest BCUT2D eigenvalue weighted by Crippen LogP contribution is 2.16. The number of aliphatic carboxylic acids is 1. The molecule has 0 aliphatic carbocycles. The molecule has 0 aliphatic rings. The number of nitrogens with one attached hydrogen (secondary N) is 1. The minimum Gasteiger partial charge on any atom is -0.481 e. The molecule has 5 heteroatoms. The van der Waals surface area contributed by atoms with E-state index < -0.39 is 5.97 Å². The highest BCUT2D eigenvalue weighted by Gasteiger charge is 2.06. The summed E-state index contributed by atoms with van der Waals surface area (Å²) in [6.07, 6.45) is 1.44. The number of hydrogen-bond acceptors (Lipinski definition) is 3. The van der Waals surface area contributed by atoms with E-state index in [4.69, 9.17) is 5.11 Å². The Morgan fingerprint density at radius 1 is 1.17 bits per heavy atom. The summed E-state index contributed by atoms with van der Waals surface area (Å²) in [4.78, 5) is 25.9. The third-order valence-electron chi connectivity index (χ3n) is 2.46. The van der Waals surface area contributed by atoms with Crippen molar-refractivity contribution in [3.63, 3.8) is 0 Å². The van der Waals surface area contributed by atoms with Crippen LogP contribution in [0.2, 0.25) is 0 Å². The number of fused-ring (bicyclic) bond motifs is 1. The van der Waals surface area contributed by atoms with Gasteiger partial charge in [-0.25, -0.2) is 4.98 Å². The van der Waals surface area contributed by atoms with Gasteiger partial charge >= 0.3 is 5.97 Å². The number of pyridine rings is 1. The third-order valence-corrected chi connectivity index (χ3v) is 2.46. The zero-order valence-corrected chi connectivity index (χ0v) is 9.59. The van der Waals surface area contributed by atoms with Crippen LogP contribution in [0.15, 0.2) is 36.5 Å². The lowest BCUT2D eigenvalue weighted by Crippen LogP contribution is -2.13. The fourth-order valence-electron chi connectivity index (χ4n) is 1.58. The number of carbonyl (C=O) groups is 2.